The quantitative estimate of drug-likeness (QED) is 0.819. The van der Waals surface area contributed by atoms with Crippen LogP contribution in [-0.2, 0) is 0 Å². The van der Waals surface area contributed by atoms with Crippen molar-refractivity contribution in [3.05, 3.63) is 29.3 Å². The molecule has 92 valence electrons. The van der Waals surface area contributed by atoms with Crippen molar-refractivity contribution in [2.75, 3.05) is 13.1 Å². The van der Waals surface area contributed by atoms with Gasteiger partial charge in [-0.2, -0.15) is 0 Å². The molecule has 0 saturated carbocycles. The third-order valence-corrected chi connectivity index (χ3v) is 3.14. The first-order chi connectivity index (χ1) is 8.16. The van der Waals surface area contributed by atoms with Crippen molar-refractivity contribution in [1.82, 2.24) is 10.6 Å². The molecule has 1 aliphatic heterocycles. The molecule has 0 bridgehead atoms. The van der Waals surface area contributed by atoms with Gasteiger partial charge >= 0.3 is 6.09 Å². The highest BCUT2D eigenvalue weighted by Gasteiger charge is 2.18. The number of nitrogens with one attached hydrogen (secondary N) is 2. The molecular formula is C13H18N2O2. The third kappa shape index (κ3) is 2.97. The number of carbonyl (C=O) groups excluding carboxylic acids is 1. The first-order valence-electron chi connectivity index (χ1n) is 5.92. The second-order valence-corrected chi connectivity index (χ2v) is 4.42. The summed E-state index contributed by atoms with van der Waals surface area (Å²) in [6, 6.07) is 5.89. The molecule has 1 atom stereocenters. The second kappa shape index (κ2) is 5.19. The lowest BCUT2D eigenvalue weighted by Gasteiger charge is -2.13. The van der Waals surface area contributed by atoms with Crippen LogP contribution in [0.3, 0.4) is 0 Å². The number of hydrogen-bond acceptors (Lipinski definition) is 3. The molecule has 0 aliphatic carbocycles. The largest absolute Gasteiger partial charge is 0.412 e. The lowest BCUT2D eigenvalue weighted by molar-refractivity contribution is 0.196. The molecule has 1 unspecified atom stereocenters. The summed E-state index contributed by atoms with van der Waals surface area (Å²) in [6.07, 6.45) is 0.592. The van der Waals surface area contributed by atoms with Crippen LogP contribution in [0, 0.1) is 13.8 Å². The highest BCUT2D eigenvalue weighted by molar-refractivity contribution is 5.71. The maximum absolute atomic E-state index is 11.7. The van der Waals surface area contributed by atoms with E-state index in [4.69, 9.17) is 4.74 Å². The third-order valence-electron chi connectivity index (χ3n) is 3.14. The predicted molar refractivity (Wildman–Crippen MR) is 66.4 cm³/mol. The number of carbonyl (C=O) groups is 1. The maximum Gasteiger partial charge on any atom is 0.412 e. The highest BCUT2D eigenvalue weighted by atomic mass is 16.6. The van der Waals surface area contributed by atoms with Crippen molar-refractivity contribution < 1.29 is 9.53 Å². The molecule has 1 aromatic rings. The normalized spacial score (nSPS) is 19.1. The van der Waals surface area contributed by atoms with Crippen molar-refractivity contribution in [3.63, 3.8) is 0 Å². The van der Waals surface area contributed by atoms with Gasteiger partial charge in [0, 0.05) is 12.6 Å². The van der Waals surface area contributed by atoms with Crippen molar-refractivity contribution in [1.29, 1.82) is 0 Å². The molecule has 1 aromatic carbocycles. The average molecular weight is 234 g/mol. The first kappa shape index (κ1) is 11.9. The summed E-state index contributed by atoms with van der Waals surface area (Å²) in [5.74, 6) is 0.633. The van der Waals surface area contributed by atoms with E-state index in [9.17, 15) is 4.79 Å². The van der Waals surface area contributed by atoms with Crippen LogP contribution in [0.5, 0.6) is 5.75 Å². The van der Waals surface area contributed by atoms with Gasteiger partial charge in [0.05, 0.1) is 0 Å². The minimum atomic E-state index is -0.368. The van der Waals surface area contributed by atoms with Crippen LogP contribution in [0.1, 0.15) is 17.5 Å². The second-order valence-electron chi connectivity index (χ2n) is 4.42. The summed E-state index contributed by atoms with van der Waals surface area (Å²) in [4.78, 5) is 11.7. The number of hydrogen-bond donors (Lipinski definition) is 2. The minimum absolute atomic E-state index is 0.188. The molecule has 1 saturated heterocycles. The number of ether oxygens (including phenoxy) is 1. The van der Waals surface area contributed by atoms with Gasteiger partial charge in [0.1, 0.15) is 5.75 Å². The maximum atomic E-state index is 11.7. The van der Waals surface area contributed by atoms with E-state index in [-0.39, 0.29) is 12.1 Å². The van der Waals surface area contributed by atoms with Crippen molar-refractivity contribution >= 4 is 6.09 Å². The van der Waals surface area contributed by atoms with Crippen molar-refractivity contribution in [2.45, 2.75) is 26.3 Å². The Hall–Kier alpha value is -1.55. The lowest BCUT2D eigenvalue weighted by Crippen LogP contribution is -2.38. The van der Waals surface area contributed by atoms with Crippen molar-refractivity contribution in [2.24, 2.45) is 0 Å². The van der Waals surface area contributed by atoms with E-state index in [2.05, 4.69) is 10.6 Å². The van der Waals surface area contributed by atoms with Crippen LogP contribution in [0.25, 0.3) is 0 Å². The number of benzene rings is 1. The fraction of sp³-hybridized carbons (Fsp3) is 0.462. The van der Waals surface area contributed by atoms with Gasteiger partial charge in [-0.25, -0.2) is 4.79 Å². The molecule has 2 N–H and O–H groups in total. The zero-order valence-corrected chi connectivity index (χ0v) is 10.2. The smallest absolute Gasteiger partial charge is 0.410 e. The van der Waals surface area contributed by atoms with Gasteiger partial charge in [-0.3, -0.25) is 0 Å². The van der Waals surface area contributed by atoms with Crippen LogP contribution < -0.4 is 15.4 Å². The summed E-state index contributed by atoms with van der Waals surface area (Å²) >= 11 is 0. The standard InChI is InChI=1S/C13H18N2O2/c1-9-4-3-5-12(10(9)2)17-13(16)15-11-6-7-14-8-11/h3-5,11,14H,6-8H2,1-2H3,(H,15,16). The molecule has 1 aliphatic rings. The zero-order valence-electron chi connectivity index (χ0n) is 10.2. The first-order valence-corrected chi connectivity index (χ1v) is 5.92. The molecule has 0 aromatic heterocycles. The van der Waals surface area contributed by atoms with Crippen LogP contribution in [0.15, 0.2) is 18.2 Å². The predicted octanol–water partition coefficient (Wildman–Crippen LogP) is 1.75. The molecule has 0 spiro atoms. The van der Waals surface area contributed by atoms with Gasteiger partial charge in [-0.1, -0.05) is 12.1 Å². The van der Waals surface area contributed by atoms with E-state index >= 15 is 0 Å². The van der Waals surface area contributed by atoms with Crippen LogP contribution >= 0.6 is 0 Å². The Labute approximate surface area is 101 Å². The number of rotatable bonds is 2. The SMILES string of the molecule is Cc1cccc(OC(=O)NC2CCNC2)c1C. The zero-order chi connectivity index (χ0) is 12.3. The molecular weight excluding hydrogens is 216 g/mol. The monoisotopic (exact) mass is 234 g/mol. The van der Waals surface area contributed by atoms with E-state index in [0.29, 0.717) is 5.75 Å². The molecule has 4 heteroatoms. The molecule has 1 heterocycles. The molecule has 1 amide bonds. The van der Waals surface area contributed by atoms with Gasteiger partial charge in [0.15, 0.2) is 0 Å². The molecule has 17 heavy (non-hydrogen) atoms. The number of aryl methyl sites for hydroxylation is 1. The van der Waals surface area contributed by atoms with Gasteiger partial charge in [0.25, 0.3) is 0 Å². The summed E-state index contributed by atoms with van der Waals surface area (Å²) in [6.45, 7) is 5.73. The Kier molecular flexibility index (Phi) is 3.64. The Bertz CT molecular complexity index is 412. The van der Waals surface area contributed by atoms with E-state index in [1.165, 1.54) is 0 Å². The molecule has 2 rings (SSSR count). The van der Waals surface area contributed by atoms with Gasteiger partial charge in [-0.15, -0.1) is 0 Å². The van der Waals surface area contributed by atoms with E-state index < -0.39 is 0 Å². The Morgan fingerprint density at radius 3 is 3.00 bits per heavy atom. The Morgan fingerprint density at radius 1 is 1.47 bits per heavy atom. The van der Waals surface area contributed by atoms with Crippen molar-refractivity contribution in [3.8, 4) is 5.75 Å². The Balaban J connectivity index is 1.95. The Morgan fingerprint density at radius 2 is 2.29 bits per heavy atom. The summed E-state index contributed by atoms with van der Waals surface area (Å²) in [5.41, 5.74) is 2.13. The summed E-state index contributed by atoms with van der Waals surface area (Å²) in [7, 11) is 0. The molecule has 0 radical (unpaired) electrons. The highest BCUT2D eigenvalue weighted by Crippen LogP contribution is 2.20. The van der Waals surface area contributed by atoms with E-state index in [1.807, 2.05) is 32.0 Å². The van der Waals surface area contributed by atoms with Gasteiger partial charge in [0.2, 0.25) is 0 Å². The van der Waals surface area contributed by atoms with Crippen LogP contribution in [0.4, 0.5) is 4.79 Å². The van der Waals surface area contributed by atoms with Gasteiger partial charge < -0.3 is 15.4 Å². The number of amides is 1. The topological polar surface area (TPSA) is 50.4 Å². The van der Waals surface area contributed by atoms with Crippen LogP contribution in [-0.4, -0.2) is 25.2 Å². The summed E-state index contributed by atoms with van der Waals surface area (Å²) in [5, 5.41) is 6.04. The molecule has 4 nitrogen and oxygen atoms in total. The van der Waals surface area contributed by atoms with Crippen LogP contribution in [0.2, 0.25) is 0 Å². The summed E-state index contributed by atoms with van der Waals surface area (Å²) < 4.78 is 5.31. The minimum Gasteiger partial charge on any atom is -0.410 e. The fourth-order valence-corrected chi connectivity index (χ4v) is 1.91. The fourth-order valence-electron chi connectivity index (χ4n) is 1.91. The lowest BCUT2D eigenvalue weighted by atomic mass is 10.1. The van der Waals surface area contributed by atoms with E-state index in [1.54, 1.807) is 0 Å². The average Bonchev–Trinajstić information content (AvgIpc) is 2.77. The van der Waals surface area contributed by atoms with Gasteiger partial charge in [-0.05, 0) is 44.0 Å². The van der Waals surface area contributed by atoms with E-state index in [0.717, 1.165) is 30.6 Å². The molecule has 1 fully saturated rings.